The van der Waals surface area contributed by atoms with E-state index in [1.165, 1.54) is 14.0 Å². The van der Waals surface area contributed by atoms with Gasteiger partial charge in [0.1, 0.15) is 12.2 Å². The molecule has 1 aliphatic heterocycles. The fraction of sp³-hybridized carbons (Fsp3) is 0.333. The largest absolute Gasteiger partial charge is 0.489 e. The normalized spacial score (nSPS) is 13.6. The van der Waals surface area contributed by atoms with Crippen LogP contribution in [0.2, 0.25) is 0 Å². The molecule has 0 unspecified atom stereocenters. The minimum atomic E-state index is -0.466. The van der Waals surface area contributed by atoms with Gasteiger partial charge in [-0.05, 0) is 12.1 Å². The fourth-order valence-corrected chi connectivity index (χ4v) is 1.85. The number of methoxy groups -OCH3 is 1. The molecule has 1 heterocycles. The van der Waals surface area contributed by atoms with Crippen molar-refractivity contribution in [2.45, 2.75) is 6.92 Å². The molecule has 0 aliphatic carbocycles. The molecule has 1 aliphatic rings. The second kappa shape index (κ2) is 4.45. The number of amides is 1. The Balaban J connectivity index is 2.51. The predicted octanol–water partition coefficient (Wildman–Crippen LogP) is 1.22. The Bertz CT molecular complexity index is 470. The van der Waals surface area contributed by atoms with Gasteiger partial charge in [-0.1, -0.05) is 6.07 Å². The third-order valence-electron chi connectivity index (χ3n) is 2.63. The van der Waals surface area contributed by atoms with Crippen molar-refractivity contribution in [3.05, 3.63) is 23.8 Å². The number of anilines is 1. The summed E-state index contributed by atoms with van der Waals surface area (Å²) >= 11 is 0. The molecule has 1 amide bonds. The summed E-state index contributed by atoms with van der Waals surface area (Å²) in [4.78, 5) is 24.6. The van der Waals surface area contributed by atoms with Gasteiger partial charge in [-0.15, -0.1) is 0 Å². The number of benzene rings is 1. The molecule has 0 saturated heterocycles. The molecule has 0 fully saturated rings. The SMILES string of the molecule is COC(=O)c1cccc2c1OCCN2C(C)=O. The zero-order valence-corrected chi connectivity index (χ0v) is 9.73. The molecule has 0 bridgehead atoms. The van der Waals surface area contributed by atoms with Crippen molar-refractivity contribution < 1.29 is 19.1 Å². The van der Waals surface area contributed by atoms with Crippen LogP contribution in [0.3, 0.4) is 0 Å². The summed E-state index contributed by atoms with van der Waals surface area (Å²) in [6.07, 6.45) is 0. The maximum Gasteiger partial charge on any atom is 0.341 e. The average Bonchev–Trinajstić information content (AvgIpc) is 2.36. The Morgan fingerprint density at radius 1 is 1.41 bits per heavy atom. The van der Waals surface area contributed by atoms with Gasteiger partial charge in [0.15, 0.2) is 5.75 Å². The first-order chi connectivity index (χ1) is 8.15. The molecule has 0 aromatic heterocycles. The lowest BCUT2D eigenvalue weighted by Crippen LogP contribution is -2.36. The highest BCUT2D eigenvalue weighted by Gasteiger charge is 2.25. The van der Waals surface area contributed by atoms with Gasteiger partial charge in [-0.25, -0.2) is 4.79 Å². The van der Waals surface area contributed by atoms with Gasteiger partial charge in [-0.3, -0.25) is 4.79 Å². The minimum Gasteiger partial charge on any atom is -0.489 e. The third-order valence-corrected chi connectivity index (χ3v) is 2.63. The quantitative estimate of drug-likeness (QED) is 0.687. The summed E-state index contributed by atoms with van der Waals surface area (Å²) in [5.74, 6) is -0.121. The molecule has 0 N–H and O–H groups in total. The molecule has 0 radical (unpaired) electrons. The Morgan fingerprint density at radius 2 is 2.18 bits per heavy atom. The van der Waals surface area contributed by atoms with Crippen LogP contribution >= 0.6 is 0 Å². The van der Waals surface area contributed by atoms with E-state index in [0.29, 0.717) is 30.2 Å². The molecule has 1 aromatic carbocycles. The predicted molar refractivity (Wildman–Crippen MR) is 61.3 cm³/mol. The Kier molecular flexibility index (Phi) is 2.99. The van der Waals surface area contributed by atoms with Crippen LogP contribution in [-0.4, -0.2) is 32.1 Å². The molecule has 1 aromatic rings. The molecule has 0 saturated carbocycles. The molecule has 2 rings (SSSR count). The molecule has 17 heavy (non-hydrogen) atoms. The molecule has 90 valence electrons. The average molecular weight is 235 g/mol. The van der Waals surface area contributed by atoms with Crippen molar-refractivity contribution >= 4 is 17.6 Å². The molecule has 5 nitrogen and oxygen atoms in total. The van der Waals surface area contributed by atoms with Crippen molar-refractivity contribution in [1.29, 1.82) is 0 Å². The third kappa shape index (κ3) is 1.95. The van der Waals surface area contributed by atoms with Crippen LogP contribution in [0.5, 0.6) is 5.75 Å². The number of para-hydroxylation sites is 1. The van der Waals surface area contributed by atoms with Gasteiger partial charge in [0.25, 0.3) is 0 Å². The van der Waals surface area contributed by atoms with Gasteiger partial charge in [0, 0.05) is 6.92 Å². The topological polar surface area (TPSA) is 55.8 Å². The van der Waals surface area contributed by atoms with Crippen LogP contribution in [0.15, 0.2) is 18.2 Å². The summed E-state index contributed by atoms with van der Waals surface area (Å²) < 4.78 is 10.1. The summed E-state index contributed by atoms with van der Waals surface area (Å²) in [5, 5.41) is 0. The number of esters is 1. The van der Waals surface area contributed by atoms with E-state index in [2.05, 4.69) is 4.74 Å². The van der Waals surface area contributed by atoms with E-state index in [1.54, 1.807) is 23.1 Å². The Morgan fingerprint density at radius 3 is 2.82 bits per heavy atom. The van der Waals surface area contributed by atoms with E-state index < -0.39 is 5.97 Å². The number of carbonyl (C=O) groups excluding carboxylic acids is 2. The first-order valence-corrected chi connectivity index (χ1v) is 5.27. The molecule has 5 heteroatoms. The zero-order chi connectivity index (χ0) is 12.4. The van der Waals surface area contributed by atoms with Crippen LogP contribution in [0.25, 0.3) is 0 Å². The number of hydrogen-bond donors (Lipinski definition) is 0. The minimum absolute atomic E-state index is 0.0726. The van der Waals surface area contributed by atoms with Crippen molar-refractivity contribution in [1.82, 2.24) is 0 Å². The number of rotatable bonds is 1. The summed E-state index contributed by atoms with van der Waals surface area (Å²) in [7, 11) is 1.31. The summed E-state index contributed by atoms with van der Waals surface area (Å²) in [6, 6.07) is 5.08. The number of ether oxygens (including phenoxy) is 2. The number of nitrogens with zero attached hydrogens (tertiary/aromatic N) is 1. The van der Waals surface area contributed by atoms with Gasteiger partial charge < -0.3 is 14.4 Å². The lowest BCUT2D eigenvalue weighted by Gasteiger charge is -2.29. The first-order valence-electron chi connectivity index (χ1n) is 5.27. The van der Waals surface area contributed by atoms with Gasteiger partial charge in [0.05, 0.1) is 19.3 Å². The smallest absolute Gasteiger partial charge is 0.341 e. The van der Waals surface area contributed by atoms with E-state index in [4.69, 9.17) is 4.74 Å². The lowest BCUT2D eigenvalue weighted by atomic mass is 10.1. The van der Waals surface area contributed by atoms with Gasteiger partial charge in [-0.2, -0.15) is 0 Å². The van der Waals surface area contributed by atoms with Crippen molar-refractivity contribution in [3.63, 3.8) is 0 Å². The maximum atomic E-state index is 11.6. The number of hydrogen-bond acceptors (Lipinski definition) is 4. The fourth-order valence-electron chi connectivity index (χ4n) is 1.85. The first kappa shape index (κ1) is 11.4. The van der Waals surface area contributed by atoms with Crippen molar-refractivity contribution in [2.75, 3.05) is 25.2 Å². The Hall–Kier alpha value is -2.04. The number of fused-ring (bicyclic) bond motifs is 1. The van der Waals surface area contributed by atoms with Crippen LogP contribution in [0.1, 0.15) is 17.3 Å². The van der Waals surface area contributed by atoms with Crippen LogP contribution < -0.4 is 9.64 Å². The number of carbonyl (C=O) groups is 2. The van der Waals surface area contributed by atoms with Gasteiger partial charge >= 0.3 is 5.97 Å². The van der Waals surface area contributed by atoms with Crippen molar-refractivity contribution in [2.24, 2.45) is 0 Å². The van der Waals surface area contributed by atoms with E-state index in [0.717, 1.165) is 0 Å². The highest BCUT2D eigenvalue weighted by atomic mass is 16.5. The van der Waals surface area contributed by atoms with Crippen LogP contribution in [0, 0.1) is 0 Å². The monoisotopic (exact) mass is 235 g/mol. The zero-order valence-electron chi connectivity index (χ0n) is 9.73. The highest BCUT2D eigenvalue weighted by Crippen LogP contribution is 2.35. The van der Waals surface area contributed by atoms with Crippen LogP contribution in [-0.2, 0) is 9.53 Å². The summed E-state index contributed by atoms with van der Waals surface area (Å²) in [5.41, 5.74) is 0.961. The highest BCUT2D eigenvalue weighted by molar-refractivity contribution is 5.99. The second-order valence-corrected chi connectivity index (χ2v) is 3.66. The van der Waals surface area contributed by atoms with Crippen LogP contribution in [0.4, 0.5) is 5.69 Å². The Labute approximate surface area is 98.9 Å². The molecular formula is C12H13NO4. The standard InChI is InChI=1S/C12H13NO4/c1-8(14)13-6-7-17-11-9(12(15)16-2)4-3-5-10(11)13/h3-5H,6-7H2,1-2H3. The molecule has 0 atom stereocenters. The van der Waals surface area contributed by atoms with E-state index in [9.17, 15) is 9.59 Å². The van der Waals surface area contributed by atoms with Gasteiger partial charge in [0.2, 0.25) is 5.91 Å². The molecule has 0 spiro atoms. The van der Waals surface area contributed by atoms with E-state index in [-0.39, 0.29) is 5.91 Å². The summed E-state index contributed by atoms with van der Waals surface area (Å²) in [6.45, 7) is 2.35. The molecular weight excluding hydrogens is 222 g/mol. The van der Waals surface area contributed by atoms with E-state index in [1.807, 2.05) is 0 Å². The van der Waals surface area contributed by atoms with Crippen molar-refractivity contribution in [3.8, 4) is 5.75 Å². The van der Waals surface area contributed by atoms with E-state index >= 15 is 0 Å². The second-order valence-electron chi connectivity index (χ2n) is 3.66. The maximum absolute atomic E-state index is 11.6. The lowest BCUT2D eigenvalue weighted by molar-refractivity contribution is -0.116.